The third-order valence-electron chi connectivity index (χ3n) is 5.67. The van der Waals surface area contributed by atoms with Crippen molar-refractivity contribution >= 4 is 6.08 Å². The zero-order valence-electron chi connectivity index (χ0n) is 18.7. The average Bonchev–Trinajstić information content (AvgIpc) is 2.68. The van der Waals surface area contributed by atoms with Crippen LogP contribution < -0.4 is 0 Å². The van der Waals surface area contributed by atoms with Gasteiger partial charge in [0.05, 0.1) is 6.54 Å². The van der Waals surface area contributed by atoms with Crippen LogP contribution in [0.5, 0.6) is 0 Å². The molecule has 0 aliphatic heterocycles. The number of unbranched alkanes of at least 4 members (excludes halogenated alkanes) is 14. The lowest BCUT2D eigenvalue weighted by molar-refractivity contribution is 0.395. The molecule has 2 heteroatoms. The smallest absolute Gasteiger partial charge is 0.211 e. The van der Waals surface area contributed by atoms with Gasteiger partial charge in [0.25, 0.3) is 0 Å². The van der Waals surface area contributed by atoms with Gasteiger partial charge in [-0.25, -0.2) is 9.79 Å². The quantitative estimate of drug-likeness (QED) is 0.105. The molecule has 0 spiro atoms. The van der Waals surface area contributed by atoms with Crippen molar-refractivity contribution in [3.8, 4) is 0 Å². The lowest BCUT2D eigenvalue weighted by Crippen LogP contribution is -2.02. The van der Waals surface area contributed by atoms with Crippen molar-refractivity contribution in [3.05, 3.63) is 6.42 Å². The second-order valence-corrected chi connectivity index (χ2v) is 8.33. The van der Waals surface area contributed by atoms with Crippen LogP contribution in [0.2, 0.25) is 0 Å². The SMILES string of the molecule is CCCCCCCC[CH]CC(CCCCCCCC)CCCCCN=C=O. The van der Waals surface area contributed by atoms with Gasteiger partial charge in [-0.1, -0.05) is 123 Å². The first-order chi connectivity index (χ1) is 13.3. The lowest BCUT2D eigenvalue weighted by atomic mass is 9.89. The third-order valence-corrected chi connectivity index (χ3v) is 5.67. The molecule has 1 unspecified atom stereocenters. The van der Waals surface area contributed by atoms with Crippen molar-refractivity contribution in [2.45, 2.75) is 136 Å². The van der Waals surface area contributed by atoms with E-state index < -0.39 is 0 Å². The first kappa shape index (κ1) is 26.4. The Morgan fingerprint density at radius 2 is 1.22 bits per heavy atom. The Kier molecular flexibility index (Phi) is 22.9. The first-order valence-corrected chi connectivity index (χ1v) is 12.2. The molecule has 2 nitrogen and oxygen atoms in total. The molecular formula is C25H48NO. The van der Waals surface area contributed by atoms with E-state index in [1.165, 1.54) is 116 Å². The maximum Gasteiger partial charge on any atom is 0.234 e. The summed E-state index contributed by atoms with van der Waals surface area (Å²) in [6, 6.07) is 0. The predicted octanol–water partition coefficient (Wildman–Crippen LogP) is 8.59. The molecule has 0 saturated carbocycles. The van der Waals surface area contributed by atoms with Crippen LogP contribution in [0.15, 0.2) is 4.99 Å². The molecule has 0 N–H and O–H groups in total. The summed E-state index contributed by atoms with van der Waals surface area (Å²) in [7, 11) is 0. The van der Waals surface area contributed by atoms with E-state index >= 15 is 0 Å². The number of isocyanates is 1. The second kappa shape index (κ2) is 23.4. The van der Waals surface area contributed by atoms with Gasteiger partial charge in [0.2, 0.25) is 6.08 Å². The molecule has 0 aromatic carbocycles. The Balaban J connectivity index is 3.81. The Bertz CT molecular complexity index is 322. The minimum Gasteiger partial charge on any atom is -0.211 e. The monoisotopic (exact) mass is 378 g/mol. The summed E-state index contributed by atoms with van der Waals surface area (Å²) in [4.78, 5) is 13.8. The summed E-state index contributed by atoms with van der Waals surface area (Å²) >= 11 is 0. The standard InChI is InChI=1S/C25H48NO/c1-3-5-7-9-11-12-14-17-21-25(20-16-13-10-8-6-4-2)22-18-15-19-23-26-24-27/h17,25H,3-16,18-23H2,1-2H3. The van der Waals surface area contributed by atoms with Crippen LogP contribution in [-0.4, -0.2) is 12.6 Å². The maximum atomic E-state index is 10.1. The minimum atomic E-state index is 0.662. The van der Waals surface area contributed by atoms with Crippen molar-refractivity contribution in [2.24, 2.45) is 10.9 Å². The molecule has 1 radical (unpaired) electrons. The van der Waals surface area contributed by atoms with Crippen molar-refractivity contribution in [1.82, 2.24) is 0 Å². The summed E-state index contributed by atoms with van der Waals surface area (Å²) < 4.78 is 0. The Morgan fingerprint density at radius 1 is 0.704 bits per heavy atom. The molecule has 0 fully saturated rings. The number of hydrogen-bond donors (Lipinski definition) is 0. The van der Waals surface area contributed by atoms with Gasteiger partial charge in [0.1, 0.15) is 0 Å². The summed E-state index contributed by atoms with van der Waals surface area (Å²) in [5, 5.41) is 0. The normalized spacial score (nSPS) is 12.1. The van der Waals surface area contributed by atoms with E-state index in [0.717, 1.165) is 12.3 Å². The fourth-order valence-electron chi connectivity index (χ4n) is 3.86. The first-order valence-electron chi connectivity index (χ1n) is 12.2. The molecule has 1 atom stereocenters. The predicted molar refractivity (Wildman–Crippen MR) is 120 cm³/mol. The number of nitrogens with zero attached hydrogens (tertiary/aromatic N) is 1. The molecule has 0 aromatic rings. The second-order valence-electron chi connectivity index (χ2n) is 8.33. The van der Waals surface area contributed by atoms with Crippen LogP contribution >= 0.6 is 0 Å². The third kappa shape index (κ3) is 21.5. The lowest BCUT2D eigenvalue weighted by Gasteiger charge is -2.17. The van der Waals surface area contributed by atoms with E-state index in [-0.39, 0.29) is 0 Å². The van der Waals surface area contributed by atoms with Crippen LogP contribution in [0.4, 0.5) is 0 Å². The molecular weight excluding hydrogens is 330 g/mol. The Hall–Kier alpha value is -0.620. The van der Waals surface area contributed by atoms with Gasteiger partial charge in [-0.3, -0.25) is 0 Å². The molecule has 0 aliphatic carbocycles. The fraction of sp³-hybridized carbons (Fsp3) is 0.920. The summed E-state index contributed by atoms with van der Waals surface area (Å²) in [5.41, 5.74) is 0. The van der Waals surface area contributed by atoms with Crippen LogP contribution in [0.3, 0.4) is 0 Å². The fourth-order valence-corrected chi connectivity index (χ4v) is 3.86. The minimum absolute atomic E-state index is 0.662. The van der Waals surface area contributed by atoms with Crippen molar-refractivity contribution in [2.75, 3.05) is 6.54 Å². The molecule has 0 amide bonds. The van der Waals surface area contributed by atoms with Gasteiger partial charge < -0.3 is 0 Å². The van der Waals surface area contributed by atoms with E-state index in [9.17, 15) is 4.79 Å². The average molecular weight is 379 g/mol. The van der Waals surface area contributed by atoms with E-state index in [4.69, 9.17) is 0 Å². The van der Waals surface area contributed by atoms with E-state index in [2.05, 4.69) is 25.3 Å². The molecule has 0 rings (SSSR count). The van der Waals surface area contributed by atoms with Crippen LogP contribution in [0, 0.1) is 12.3 Å². The zero-order valence-corrected chi connectivity index (χ0v) is 18.7. The van der Waals surface area contributed by atoms with E-state index in [0.29, 0.717) is 6.54 Å². The molecule has 0 bridgehead atoms. The van der Waals surface area contributed by atoms with Gasteiger partial charge in [-0.05, 0) is 25.2 Å². The summed E-state index contributed by atoms with van der Waals surface area (Å²) in [6.45, 7) is 5.24. The van der Waals surface area contributed by atoms with E-state index in [1.54, 1.807) is 6.08 Å². The van der Waals surface area contributed by atoms with Gasteiger partial charge in [0.15, 0.2) is 0 Å². The highest BCUT2D eigenvalue weighted by Crippen LogP contribution is 2.24. The molecule has 27 heavy (non-hydrogen) atoms. The molecule has 0 aliphatic rings. The highest BCUT2D eigenvalue weighted by Gasteiger charge is 2.08. The number of rotatable bonds is 22. The number of carbonyl (C=O) groups excluding carboxylic acids is 1. The van der Waals surface area contributed by atoms with Crippen molar-refractivity contribution < 1.29 is 4.79 Å². The Morgan fingerprint density at radius 3 is 1.81 bits per heavy atom. The van der Waals surface area contributed by atoms with Gasteiger partial charge in [0, 0.05) is 0 Å². The molecule has 0 aromatic heterocycles. The zero-order chi connectivity index (χ0) is 19.8. The highest BCUT2D eigenvalue weighted by atomic mass is 16.1. The largest absolute Gasteiger partial charge is 0.234 e. The van der Waals surface area contributed by atoms with E-state index in [1.807, 2.05) is 0 Å². The summed E-state index contributed by atoms with van der Waals surface area (Å²) in [5.74, 6) is 0.880. The van der Waals surface area contributed by atoms with Crippen molar-refractivity contribution in [1.29, 1.82) is 0 Å². The molecule has 0 saturated heterocycles. The highest BCUT2D eigenvalue weighted by molar-refractivity contribution is 5.32. The van der Waals surface area contributed by atoms with Crippen LogP contribution in [0.25, 0.3) is 0 Å². The van der Waals surface area contributed by atoms with Crippen molar-refractivity contribution in [3.63, 3.8) is 0 Å². The van der Waals surface area contributed by atoms with Crippen LogP contribution in [-0.2, 0) is 4.79 Å². The Labute approximate surface area is 171 Å². The molecule has 0 heterocycles. The maximum absolute atomic E-state index is 10.1. The van der Waals surface area contributed by atoms with Gasteiger partial charge in [-0.2, -0.15) is 0 Å². The van der Waals surface area contributed by atoms with Gasteiger partial charge >= 0.3 is 0 Å². The molecule has 159 valence electrons. The number of hydrogen-bond acceptors (Lipinski definition) is 2. The van der Waals surface area contributed by atoms with Gasteiger partial charge in [-0.15, -0.1) is 0 Å². The van der Waals surface area contributed by atoms with Crippen LogP contribution in [0.1, 0.15) is 136 Å². The topological polar surface area (TPSA) is 29.4 Å². The summed E-state index contributed by atoms with van der Waals surface area (Å²) in [6.07, 6.45) is 30.0. The number of aliphatic imine (C=N–C) groups is 1.